The molecule has 0 fully saturated rings. The van der Waals surface area contributed by atoms with Crippen molar-refractivity contribution >= 4 is 40.5 Å². The van der Waals surface area contributed by atoms with Crippen LogP contribution in [0.15, 0.2) is 41.3 Å². The maximum Gasteiger partial charge on any atom is 0.341 e. The molecule has 0 saturated heterocycles. The van der Waals surface area contributed by atoms with E-state index in [9.17, 15) is 9.00 Å². The molecule has 1 unspecified atom stereocenters. The zero-order valence-corrected chi connectivity index (χ0v) is 18.8. The van der Waals surface area contributed by atoms with Gasteiger partial charge in [0.15, 0.2) is 11.0 Å². The first-order valence-corrected chi connectivity index (χ1v) is 11.1. The van der Waals surface area contributed by atoms with Crippen LogP contribution in [0.5, 0.6) is 0 Å². The number of carboxylic acid groups (broad SMARTS) is 1. The fourth-order valence-corrected chi connectivity index (χ4v) is 5.23. The molecule has 0 aliphatic heterocycles. The molecule has 0 bridgehead atoms. The zero-order valence-electron chi connectivity index (χ0n) is 17.1. The molecule has 0 spiro atoms. The lowest BCUT2D eigenvalue weighted by atomic mass is 10.2. The van der Waals surface area contributed by atoms with Gasteiger partial charge in [0.1, 0.15) is 0 Å². The standard InChI is InChI=1S/C20H22N2O3S2.CH2O2/c1-5-25-20(23)18-12(2)21-13(3)19(18)27(24)22-16-11-17(26-14(16)4)15-9-7-6-8-10-15;2-1-3/h6-11,21-22H,5H2,1-4H3;1H,(H,2,3). The average molecular weight is 449 g/mol. The van der Waals surface area contributed by atoms with Crippen LogP contribution >= 0.6 is 11.3 Å². The van der Waals surface area contributed by atoms with Crippen LogP contribution in [0, 0.1) is 20.8 Å². The molecule has 1 aromatic carbocycles. The van der Waals surface area contributed by atoms with Crippen molar-refractivity contribution in [3.8, 4) is 10.4 Å². The number of aromatic nitrogens is 1. The fraction of sp³-hybridized carbons (Fsp3) is 0.238. The molecule has 3 aromatic rings. The van der Waals surface area contributed by atoms with Gasteiger partial charge in [-0.15, -0.1) is 11.3 Å². The van der Waals surface area contributed by atoms with E-state index in [0.29, 0.717) is 21.8 Å². The number of hydrogen-bond acceptors (Lipinski definition) is 5. The lowest BCUT2D eigenvalue weighted by molar-refractivity contribution is -0.122. The third-order valence-corrected chi connectivity index (χ3v) is 6.55. The molecule has 3 rings (SSSR count). The number of esters is 1. The first-order valence-electron chi connectivity index (χ1n) is 9.12. The second kappa shape index (κ2) is 10.7. The molecule has 0 aliphatic rings. The number of carbonyl (C=O) groups is 2. The number of carbonyl (C=O) groups excluding carboxylic acids is 1. The first-order chi connectivity index (χ1) is 14.3. The highest BCUT2D eigenvalue weighted by Gasteiger charge is 2.25. The topological polar surface area (TPSA) is 108 Å². The Labute approximate surface area is 181 Å². The van der Waals surface area contributed by atoms with Crippen molar-refractivity contribution in [2.24, 2.45) is 0 Å². The summed E-state index contributed by atoms with van der Waals surface area (Å²) >= 11 is 1.64. The molecule has 0 radical (unpaired) electrons. The van der Waals surface area contributed by atoms with Gasteiger partial charge >= 0.3 is 5.97 Å². The Morgan fingerprint density at radius 2 is 1.87 bits per heavy atom. The minimum atomic E-state index is -1.59. The van der Waals surface area contributed by atoms with Crippen LogP contribution in [0.3, 0.4) is 0 Å². The second-order valence-electron chi connectivity index (χ2n) is 6.22. The third kappa shape index (κ3) is 5.37. The van der Waals surface area contributed by atoms with Gasteiger partial charge < -0.3 is 14.8 Å². The minimum absolute atomic E-state index is 0.250. The Morgan fingerprint density at radius 3 is 2.47 bits per heavy atom. The van der Waals surface area contributed by atoms with Crippen LogP contribution in [0.1, 0.15) is 33.5 Å². The minimum Gasteiger partial charge on any atom is -0.483 e. The summed E-state index contributed by atoms with van der Waals surface area (Å²) in [6.45, 7) is 7.34. The van der Waals surface area contributed by atoms with Crippen LogP contribution in [0.2, 0.25) is 0 Å². The number of anilines is 1. The highest BCUT2D eigenvalue weighted by atomic mass is 32.2. The summed E-state index contributed by atoms with van der Waals surface area (Å²) in [7, 11) is -1.59. The number of nitrogens with one attached hydrogen (secondary N) is 2. The summed E-state index contributed by atoms with van der Waals surface area (Å²) in [6.07, 6.45) is 0. The van der Waals surface area contributed by atoms with Gasteiger partial charge in [-0.05, 0) is 39.3 Å². The first kappa shape index (κ1) is 23.4. The summed E-state index contributed by atoms with van der Waals surface area (Å²) in [5, 5.41) is 6.89. The largest absolute Gasteiger partial charge is 0.483 e. The summed E-state index contributed by atoms with van der Waals surface area (Å²) in [5.41, 5.74) is 3.60. The van der Waals surface area contributed by atoms with Crippen molar-refractivity contribution in [2.75, 3.05) is 11.3 Å². The molecule has 3 N–H and O–H groups in total. The summed E-state index contributed by atoms with van der Waals surface area (Å²) in [6, 6.07) is 12.0. The Morgan fingerprint density at radius 1 is 1.23 bits per heavy atom. The zero-order chi connectivity index (χ0) is 22.3. The summed E-state index contributed by atoms with van der Waals surface area (Å²) in [4.78, 5) is 26.3. The van der Waals surface area contributed by atoms with Gasteiger partial charge in [-0.2, -0.15) is 0 Å². The molecule has 2 aromatic heterocycles. The van der Waals surface area contributed by atoms with Gasteiger partial charge in [-0.3, -0.25) is 9.52 Å². The molecule has 160 valence electrons. The summed E-state index contributed by atoms with van der Waals surface area (Å²) < 4.78 is 21.2. The van der Waals surface area contributed by atoms with Crippen molar-refractivity contribution in [1.82, 2.24) is 4.98 Å². The number of aromatic amines is 1. The van der Waals surface area contributed by atoms with E-state index in [1.54, 1.807) is 32.1 Å². The van der Waals surface area contributed by atoms with Crippen LogP contribution in [-0.2, 0) is 20.5 Å². The van der Waals surface area contributed by atoms with Crippen LogP contribution < -0.4 is 4.72 Å². The Kier molecular flexibility index (Phi) is 8.37. The van der Waals surface area contributed by atoms with E-state index in [0.717, 1.165) is 21.0 Å². The van der Waals surface area contributed by atoms with Crippen molar-refractivity contribution in [3.63, 3.8) is 0 Å². The SMILES string of the molecule is CCOC(=O)c1c(C)[nH]c(C)c1S(=O)Nc1cc(-c2ccccc2)sc1C.O=CO. The maximum absolute atomic E-state index is 13.1. The molecular weight excluding hydrogens is 424 g/mol. The predicted octanol–water partition coefficient (Wildman–Crippen LogP) is 4.68. The molecule has 1 atom stereocenters. The van der Waals surface area contributed by atoms with E-state index < -0.39 is 17.0 Å². The van der Waals surface area contributed by atoms with E-state index in [4.69, 9.17) is 14.6 Å². The van der Waals surface area contributed by atoms with E-state index in [1.165, 1.54) is 0 Å². The van der Waals surface area contributed by atoms with Gasteiger partial charge in [0.25, 0.3) is 6.47 Å². The normalized spacial score (nSPS) is 11.2. The highest BCUT2D eigenvalue weighted by molar-refractivity contribution is 7.86. The van der Waals surface area contributed by atoms with Gasteiger partial charge in [-0.1, -0.05) is 30.3 Å². The van der Waals surface area contributed by atoms with E-state index in [-0.39, 0.29) is 13.1 Å². The van der Waals surface area contributed by atoms with Gasteiger partial charge in [0.2, 0.25) is 0 Å². The van der Waals surface area contributed by atoms with E-state index in [1.807, 2.05) is 43.3 Å². The predicted molar refractivity (Wildman–Crippen MR) is 119 cm³/mol. The molecule has 30 heavy (non-hydrogen) atoms. The van der Waals surface area contributed by atoms with E-state index >= 15 is 0 Å². The molecule has 0 aliphatic carbocycles. The number of thiophene rings is 1. The van der Waals surface area contributed by atoms with Gasteiger partial charge in [0.05, 0.1) is 22.8 Å². The number of ether oxygens (including phenoxy) is 1. The van der Waals surface area contributed by atoms with Crippen molar-refractivity contribution in [2.45, 2.75) is 32.6 Å². The lowest BCUT2D eigenvalue weighted by Crippen LogP contribution is -2.13. The second-order valence-corrected chi connectivity index (χ2v) is 8.63. The van der Waals surface area contributed by atoms with Crippen molar-refractivity contribution in [3.05, 3.63) is 58.2 Å². The smallest absolute Gasteiger partial charge is 0.341 e. The summed E-state index contributed by atoms with van der Waals surface area (Å²) in [5.74, 6) is -0.462. The molecule has 2 heterocycles. The monoisotopic (exact) mass is 448 g/mol. The highest BCUT2D eigenvalue weighted by Crippen LogP contribution is 2.35. The number of benzene rings is 1. The van der Waals surface area contributed by atoms with Crippen molar-refractivity contribution in [1.29, 1.82) is 0 Å². The molecule has 7 nitrogen and oxygen atoms in total. The molecule has 9 heteroatoms. The van der Waals surface area contributed by atoms with Crippen molar-refractivity contribution < 1.29 is 23.6 Å². The average Bonchev–Trinajstić information content (AvgIpc) is 3.22. The maximum atomic E-state index is 13.1. The molecule has 0 amide bonds. The Bertz CT molecular complexity index is 1040. The fourth-order valence-electron chi connectivity index (χ4n) is 2.92. The Hall–Kier alpha value is -2.91. The van der Waals surface area contributed by atoms with Gasteiger partial charge in [-0.25, -0.2) is 9.00 Å². The molecule has 0 saturated carbocycles. The lowest BCUT2D eigenvalue weighted by Gasteiger charge is -2.08. The van der Waals surface area contributed by atoms with Crippen LogP contribution in [0.4, 0.5) is 5.69 Å². The van der Waals surface area contributed by atoms with Crippen LogP contribution in [0.25, 0.3) is 10.4 Å². The number of aryl methyl sites for hydroxylation is 3. The molecular formula is C21H24N2O5S2. The number of H-pyrrole nitrogens is 1. The third-order valence-electron chi connectivity index (χ3n) is 4.16. The van der Waals surface area contributed by atoms with E-state index in [2.05, 4.69) is 9.71 Å². The van der Waals surface area contributed by atoms with Crippen LogP contribution in [-0.4, -0.2) is 33.3 Å². The quantitative estimate of drug-likeness (QED) is 0.375. The number of rotatable bonds is 6. The number of hydrogen-bond donors (Lipinski definition) is 3. The van der Waals surface area contributed by atoms with Gasteiger partial charge in [0, 0.05) is 21.1 Å². The Balaban J connectivity index is 0.00000101.